The second-order valence-electron chi connectivity index (χ2n) is 7.32. The highest BCUT2D eigenvalue weighted by molar-refractivity contribution is 5.89. The third-order valence-electron chi connectivity index (χ3n) is 5.23. The number of nitrogens with zero attached hydrogens (tertiary/aromatic N) is 4. The summed E-state index contributed by atoms with van der Waals surface area (Å²) in [5, 5.41) is 23.2. The van der Waals surface area contributed by atoms with E-state index in [9.17, 15) is 19.6 Å². The van der Waals surface area contributed by atoms with Crippen molar-refractivity contribution in [3.63, 3.8) is 0 Å². The van der Waals surface area contributed by atoms with Gasteiger partial charge in [-0.2, -0.15) is 10.7 Å². The second kappa shape index (κ2) is 9.45. The highest BCUT2D eigenvalue weighted by Crippen LogP contribution is 2.34. The quantitative estimate of drug-likeness (QED) is 0.456. The van der Waals surface area contributed by atoms with Crippen LogP contribution in [-0.4, -0.2) is 32.9 Å². The van der Waals surface area contributed by atoms with Gasteiger partial charge in [0, 0.05) is 25.9 Å². The Kier molecular flexibility index (Phi) is 6.70. The van der Waals surface area contributed by atoms with E-state index >= 15 is 0 Å². The first-order chi connectivity index (χ1) is 15.3. The lowest BCUT2D eigenvalue weighted by Crippen LogP contribution is -2.12. The molecule has 166 valence electrons. The summed E-state index contributed by atoms with van der Waals surface area (Å²) in [4.78, 5) is 21.1. The monoisotopic (exact) mass is 438 g/mol. The average Bonchev–Trinajstić information content (AvgIpc) is 3.07. The minimum atomic E-state index is -1.10. The van der Waals surface area contributed by atoms with E-state index < -0.39 is 11.8 Å². The van der Waals surface area contributed by atoms with Crippen LogP contribution in [0.2, 0.25) is 0 Å². The molecule has 1 atom stereocenters. The van der Waals surface area contributed by atoms with Gasteiger partial charge in [0.1, 0.15) is 23.4 Å². The van der Waals surface area contributed by atoms with Crippen LogP contribution in [0.15, 0.2) is 30.5 Å². The molecule has 0 amide bonds. The van der Waals surface area contributed by atoms with Gasteiger partial charge < -0.3 is 15.7 Å². The number of carboxylic acid groups (broad SMARTS) is 1. The third kappa shape index (κ3) is 4.53. The Morgan fingerprint density at radius 3 is 2.84 bits per heavy atom. The first-order valence-corrected chi connectivity index (χ1v) is 9.85. The molecule has 0 fully saturated rings. The summed E-state index contributed by atoms with van der Waals surface area (Å²) in [6, 6.07) is 7.58. The summed E-state index contributed by atoms with van der Waals surface area (Å²) >= 11 is 0. The van der Waals surface area contributed by atoms with Crippen LogP contribution in [0.4, 0.5) is 10.2 Å². The van der Waals surface area contributed by atoms with E-state index in [0.29, 0.717) is 46.6 Å². The predicted octanol–water partition coefficient (Wildman–Crippen LogP) is 3.02. The molecular formula is C22H23FN6O3. The molecule has 0 saturated heterocycles. The molecule has 0 radical (unpaired) electrons. The lowest BCUT2D eigenvalue weighted by molar-refractivity contribution is 0.0695. The normalized spacial score (nSPS) is 11.7. The number of rotatable bonds is 8. The summed E-state index contributed by atoms with van der Waals surface area (Å²) in [6.45, 7) is 1.84. The number of anilines is 1. The van der Waals surface area contributed by atoms with Gasteiger partial charge in [-0.25, -0.2) is 14.2 Å². The summed E-state index contributed by atoms with van der Waals surface area (Å²) in [7, 11) is 3.22. The number of hydroxylamine groups is 1. The van der Waals surface area contributed by atoms with Crippen LogP contribution in [0, 0.1) is 17.1 Å². The second-order valence-corrected chi connectivity index (χ2v) is 7.32. The van der Waals surface area contributed by atoms with Gasteiger partial charge in [-0.3, -0.25) is 4.68 Å². The molecule has 9 nitrogen and oxygen atoms in total. The van der Waals surface area contributed by atoms with Gasteiger partial charge in [0.05, 0.1) is 11.1 Å². The van der Waals surface area contributed by atoms with E-state index in [1.54, 1.807) is 20.2 Å². The number of benzene rings is 1. The maximum atomic E-state index is 13.7. The molecule has 32 heavy (non-hydrogen) atoms. The minimum Gasteiger partial charge on any atom is -0.478 e. The first kappa shape index (κ1) is 22.7. The lowest BCUT2D eigenvalue weighted by atomic mass is 9.90. The van der Waals surface area contributed by atoms with E-state index in [1.165, 1.54) is 23.0 Å². The Morgan fingerprint density at radius 1 is 1.44 bits per heavy atom. The van der Waals surface area contributed by atoms with E-state index in [1.807, 2.05) is 6.92 Å². The fourth-order valence-corrected chi connectivity index (χ4v) is 3.58. The number of nitriles is 1. The molecule has 2 heterocycles. The van der Waals surface area contributed by atoms with Crippen LogP contribution >= 0.6 is 0 Å². The number of halogens is 1. The molecule has 0 saturated carbocycles. The molecule has 0 spiro atoms. The minimum absolute atomic E-state index is 0.0709. The van der Waals surface area contributed by atoms with Crippen LogP contribution in [0.25, 0.3) is 11.1 Å². The van der Waals surface area contributed by atoms with Crippen molar-refractivity contribution >= 4 is 11.8 Å². The molecule has 0 aliphatic heterocycles. The zero-order valence-electron chi connectivity index (χ0n) is 17.9. The van der Waals surface area contributed by atoms with E-state index in [4.69, 9.17) is 10.6 Å². The van der Waals surface area contributed by atoms with Crippen LogP contribution in [0.1, 0.15) is 46.4 Å². The standard InChI is InChI=1S/C22H23FN6O3/c1-12(17-9-15(23)6-7-16(17)22(30)31)4-5-13-8-14(11-27-20(13)25)19-18(10-24)29(3)28-21(19)32-26-2/h6-9,11-12,26H,4-5H2,1-3H3,(H2,25,27)(H,30,31)/t12-/m0/s1. The predicted molar refractivity (Wildman–Crippen MR) is 115 cm³/mol. The van der Waals surface area contributed by atoms with Gasteiger partial charge in [-0.1, -0.05) is 6.92 Å². The summed E-state index contributed by atoms with van der Waals surface area (Å²) in [5.74, 6) is -1.29. The fourth-order valence-electron chi connectivity index (χ4n) is 3.58. The van der Waals surface area contributed by atoms with Crippen molar-refractivity contribution in [1.29, 1.82) is 5.26 Å². The highest BCUT2D eigenvalue weighted by Gasteiger charge is 2.22. The fraction of sp³-hybridized carbons (Fsp3) is 0.273. The molecular weight excluding hydrogens is 415 g/mol. The lowest BCUT2D eigenvalue weighted by Gasteiger charge is -2.16. The van der Waals surface area contributed by atoms with Gasteiger partial charge in [0.25, 0.3) is 5.88 Å². The van der Waals surface area contributed by atoms with Gasteiger partial charge in [-0.15, -0.1) is 5.10 Å². The van der Waals surface area contributed by atoms with Crippen molar-refractivity contribution in [2.45, 2.75) is 25.7 Å². The summed E-state index contributed by atoms with van der Waals surface area (Å²) in [5.41, 5.74) is 11.2. The first-order valence-electron chi connectivity index (χ1n) is 9.85. The molecule has 2 aromatic heterocycles. The average molecular weight is 438 g/mol. The number of aryl methyl sites for hydroxylation is 2. The summed E-state index contributed by atoms with van der Waals surface area (Å²) in [6.07, 6.45) is 2.52. The Balaban J connectivity index is 1.91. The number of carboxylic acids is 1. The number of nitrogens with one attached hydrogen (secondary N) is 1. The number of nitrogens with two attached hydrogens (primary N) is 1. The number of pyridine rings is 1. The molecule has 0 aliphatic rings. The van der Waals surface area contributed by atoms with Crippen molar-refractivity contribution in [3.05, 3.63) is 58.7 Å². The van der Waals surface area contributed by atoms with Crippen LogP contribution in [0.3, 0.4) is 0 Å². The van der Waals surface area contributed by atoms with Crippen LogP contribution < -0.4 is 16.1 Å². The number of aromatic carboxylic acids is 1. The van der Waals surface area contributed by atoms with E-state index in [0.717, 1.165) is 6.07 Å². The third-order valence-corrected chi connectivity index (χ3v) is 5.23. The van der Waals surface area contributed by atoms with Crippen LogP contribution in [0.5, 0.6) is 5.88 Å². The molecule has 1 aromatic carbocycles. The topological polar surface area (TPSA) is 139 Å². The highest BCUT2D eigenvalue weighted by atomic mass is 19.1. The Morgan fingerprint density at radius 2 is 2.19 bits per heavy atom. The number of aromatic nitrogens is 3. The number of nitrogen functional groups attached to an aromatic ring is 1. The maximum Gasteiger partial charge on any atom is 0.335 e. The van der Waals surface area contributed by atoms with Gasteiger partial charge >= 0.3 is 5.97 Å². The van der Waals surface area contributed by atoms with Crippen molar-refractivity contribution in [3.8, 4) is 23.1 Å². The number of hydrogen-bond donors (Lipinski definition) is 3. The molecule has 10 heteroatoms. The SMILES string of the molecule is CNOc1nn(C)c(C#N)c1-c1cnc(N)c(CC[C@H](C)c2cc(F)ccc2C(=O)O)c1. The molecule has 3 rings (SSSR count). The van der Waals surface area contributed by atoms with Crippen molar-refractivity contribution in [2.75, 3.05) is 12.8 Å². The Hall–Kier alpha value is -3.97. The summed E-state index contributed by atoms with van der Waals surface area (Å²) < 4.78 is 15.2. The number of hydrogen-bond acceptors (Lipinski definition) is 7. The molecule has 0 aliphatic carbocycles. The van der Waals surface area contributed by atoms with Crippen molar-refractivity contribution < 1.29 is 19.1 Å². The molecule has 0 unspecified atom stereocenters. The molecule has 3 aromatic rings. The van der Waals surface area contributed by atoms with E-state index in [2.05, 4.69) is 21.6 Å². The smallest absolute Gasteiger partial charge is 0.335 e. The van der Waals surface area contributed by atoms with E-state index in [-0.39, 0.29) is 17.4 Å². The Labute approximate surface area is 184 Å². The zero-order chi connectivity index (χ0) is 23.4. The Bertz CT molecular complexity index is 1200. The van der Waals surface area contributed by atoms with Gasteiger partial charge in [-0.05, 0) is 54.2 Å². The molecule has 4 N–H and O–H groups in total. The van der Waals surface area contributed by atoms with Gasteiger partial charge in [0.15, 0.2) is 0 Å². The van der Waals surface area contributed by atoms with Crippen molar-refractivity contribution in [1.82, 2.24) is 20.2 Å². The van der Waals surface area contributed by atoms with Crippen molar-refractivity contribution in [2.24, 2.45) is 7.05 Å². The largest absolute Gasteiger partial charge is 0.478 e. The molecule has 0 bridgehead atoms. The van der Waals surface area contributed by atoms with Gasteiger partial charge in [0.2, 0.25) is 0 Å². The maximum absolute atomic E-state index is 13.7. The van der Waals surface area contributed by atoms with Crippen LogP contribution in [-0.2, 0) is 13.5 Å². The number of carbonyl (C=O) groups is 1. The zero-order valence-corrected chi connectivity index (χ0v) is 17.9.